The molecule has 1 aromatic carbocycles. The molecule has 24 heavy (non-hydrogen) atoms. The van der Waals surface area contributed by atoms with Gasteiger partial charge in [0.1, 0.15) is 0 Å². The van der Waals surface area contributed by atoms with Gasteiger partial charge in [-0.2, -0.15) is 0 Å². The summed E-state index contributed by atoms with van der Waals surface area (Å²) in [7, 11) is 3.97. The van der Waals surface area contributed by atoms with Crippen LogP contribution in [0, 0.1) is 6.92 Å². The Morgan fingerprint density at radius 3 is 2.54 bits per heavy atom. The van der Waals surface area contributed by atoms with Gasteiger partial charge in [-0.1, -0.05) is 0 Å². The average Bonchev–Trinajstić information content (AvgIpc) is 2.50. The smallest absolute Gasteiger partial charge is 0.194 e. The average molecular weight is 329 g/mol. The Morgan fingerprint density at radius 1 is 1.25 bits per heavy atom. The van der Waals surface area contributed by atoms with E-state index in [0.717, 1.165) is 40.9 Å². The first-order valence-corrected chi connectivity index (χ1v) is 8.56. The van der Waals surface area contributed by atoms with Crippen LogP contribution in [0.15, 0.2) is 23.0 Å². The number of morpholine rings is 1. The summed E-state index contributed by atoms with van der Waals surface area (Å²) in [4.78, 5) is 20.8. The lowest BCUT2D eigenvalue weighted by atomic mass is 10.1. The third-order valence-electron chi connectivity index (χ3n) is 4.69. The van der Waals surface area contributed by atoms with E-state index in [1.807, 2.05) is 44.1 Å². The van der Waals surface area contributed by atoms with Gasteiger partial charge in [0.2, 0.25) is 0 Å². The molecule has 1 aliphatic heterocycles. The highest BCUT2D eigenvalue weighted by Gasteiger charge is 2.23. The van der Waals surface area contributed by atoms with Crippen LogP contribution in [0.3, 0.4) is 0 Å². The Morgan fingerprint density at radius 2 is 1.92 bits per heavy atom. The fourth-order valence-electron chi connectivity index (χ4n) is 3.55. The lowest BCUT2D eigenvalue weighted by molar-refractivity contribution is -0.0706. The first kappa shape index (κ1) is 17.0. The summed E-state index contributed by atoms with van der Waals surface area (Å²) in [5.74, 6) is 0. The minimum absolute atomic E-state index is 0.136. The van der Waals surface area contributed by atoms with Gasteiger partial charge in [0.05, 0.1) is 12.2 Å². The summed E-state index contributed by atoms with van der Waals surface area (Å²) in [5.41, 5.74) is 3.89. The molecule has 1 N–H and O–H groups in total. The molecule has 1 aromatic heterocycles. The van der Waals surface area contributed by atoms with Crippen molar-refractivity contribution in [2.24, 2.45) is 0 Å². The molecule has 130 valence electrons. The third kappa shape index (κ3) is 3.32. The number of aryl methyl sites for hydroxylation is 1. The van der Waals surface area contributed by atoms with Crippen molar-refractivity contribution < 1.29 is 4.74 Å². The minimum atomic E-state index is 0.136. The highest BCUT2D eigenvalue weighted by Crippen LogP contribution is 2.20. The van der Waals surface area contributed by atoms with Crippen LogP contribution in [0.4, 0.5) is 5.69 Å². The summed E-state index contributed by atoms with van der Waals surface area (Å²) in [5, 5.41) is 0.760. The van der Waals surface area contributed by atoms with Crippen molar-refractivity contribution in [1.29, 1.82) is 0 Å². The van der Waals surface area contributed by atoms with Gasteiger partial charge in [0.15, 0.2) is 5.43 Å². The van der Waals surface area contributed by atoms with Crippen LogP contribution in [0.5, 0.6) is 0 Å². The van der Waals surface area contributed by atoms with Crippen molar-refractivity contribution in [2.45, 2.75) is 39.5 Å². The summed E-state index contributed by atoms with van der Waals surface area (Å²) in [6, 6.07) is 5.99. The summed E-state index contributed by atoms with van der Waals surface area (Å²) in [6.45, 7) is 8.55. The number of hydrogen-bond acceptors (Lipinski definition) is 4. The molecule has 3 rings (SSSR count). The number of ether oxygens (including phenoxy) is 1. The lowest BCUT2D eigenvalue weighted by Gasteiger charge is -2.35. The van der Waals surface area contributed by atoms with Crippen molar-refractivity contribution in [3.63, 3.8) is 0 Å². The van der Waals surface area contributed by atoms with E-state index in [-0.39, 0.29) is 17.6 Å². The summed E-state index contributed by atoms with van der Waals surface area (Å²) >= 11 is 0. The van der Waals surface area contributed by atoms with Gasteiger partial charge in [-0.15, -0.1) is 0 Å². The molecule has 0 aliphatic carbocycles. The third-order valence-corrected chi connectivity index (χ3v) is 4.69. The molecule has 0 bridgehead atoms. The second-order valence-electron chi connectivity index (χ2n) is 7.13. The zero-order valence-corrected chi connectivity index (χ0v) is 15.2. The van der Waals surface area contributed by atoms with E-state index < -0.39 is 0 Å². The Labute approximate surface area is 143 Å². The summed E-state index contributed by atoms with van der Waals surface area (Å²) in [6.07, 6.45) is 0.405. The van der Waals surface area contributed by atoms with Crippen LogP contribution in [0.1, 0.15) is 25.1 Å². The predicted molar refractivity (Wildman–Crippen MR) is 98.9 cm³/mol. The van der Waals surface area contributed by atoms with E-state index in [2.05, 4.69) is 23.7 Å². The molecule has 0 unspecified atom stereocenters. The molecule has 5 heteroatoms. The maximum atomic E-state index is 13.1. The fourth-order valence-corrected chi connectivity index (χ4v) is 3.55. The maximum Gasteiger partial charge on any atom is 0.194 e. The van der Waals surface area contributed by atoms with E-state index in [4.69, 9.17) is 4.74 Å². The molecule has 2 aromatic rings. The number of aromatic nitrogens is 1. The van der Waals surface area contributed by atoms with Crippen molar-refractivity contribution in [2.75, 3.05) is 32.1 Å². The number of H-pyrrole nitrogens is 1. The zero-order valence-electron chi connectivity index (χ0n) is 15.2. The second-order valence-corrected chi connectivity index (χ2v) is 7.13. The Kier molecular flexibility index (Phi) is 4.65. The number of hydrogen-bond donors (Lipinski definition) is 1. The topological polar surface area (TPSA) is 48.6 Å². The first-order chi connectivity index (χ1) is 11.3. The zero-order chi connectivity index (χ0) is 17.4. The molecule has 5 nitrogen and oxygen atoms in total. The standard InChI is InChI=1S/C19H27N3O2/c1-12-9-22(10-13(2)24-12)11-17-14(3)20-18-7-6-15(21(4)5)8-16(18)19(17)23/h6-8,12-13H,9-11H2,1-5H3,(H,20,23)/t12-,13-/m1/s1. The van der Waals surface area contributed by atoms with Crippen molar-refractivity contribution >= 4 is 16.6 Å². The highest BCUT2D eigenvalue weighted by molar-refractivity contribution is 5.83. The Balaban J connectivity index is 1.99. The molecule has 0 spiro atoms. The van der Waals surface area contributed by atoms with E-state index in [9.17, 15) is 4.79 Å². The fraction of sp³-hybridized carbons (Fsp3) is 0.526. The molecule has 1 fully saturated rings. The summed E-state index contributed by atoms with van der Waals surface area (Å²) < 4.78 is 5.79. The molecule has 0 radical (unpaired) electrons. The van der Waals surface area contributed by atoms with Gasteiger partial charge in [-0.25, -0.2) is 0 Å². The molecule has 1 saturated heterocycles. The molecule has 2 atom stereocenters. The van der Waals surface area contributed by atoms with Crippen molar-refractivity contribution in [1.82, 2.24) is 9.88 Å². The van der Waals surface area contributed by atoms with Gasteiger partial charge < -0.3 is 14.6 Å². The van der Waals surface area contributed by atoms with Gasteiger partial charge in [0, 0.05) is 61.6 Å². The van der Waals surface area contributed by atoms with Crippen LogP contribution in [0.2, 0.25) is 0 Å². The number of fused-ring (bicyclic) bond motifs is 1. The van der Waals surface area contributed by atoms with E-state index in [1.54, 1.807) is 0 Å². The predicted octanol–water partition coefficient (Wildman–Crippen LogP) is 2.51. The van der Waals surface area contributed by atoms with Gasteiger partial charge >= 0.3 is 0 Å². The number of aromatic amines is 1. The number of rotatable bonds is 3. The molecule has 0 amide bonds. The van der Waals surface area contributed by atoms with Crippen LogP contribution >= 0.6 is 0 Å². The van der Waals surface area contributed by atoms with Crippen LogP contribution in [-0.2, 0) is 11.3 Å². The normalized spacial score (nSPS) is 22.0. The Hall–Kier alpha value is -1.85. The number of anilines is 1. The number of nitrogens with one attached hydrogen (secondary N) is 1. The molecule has 1 aliphatic rings. The first-order valence-electron chi connectivity index (χ1n) is 8.56. The van der Waals surface area contributed by atoms with E-state index in [0.29, 0.717) is 6.54 Å². The number of nitrogens with zero attached hydrogens (tertiary/aromatic N) is 2. The largest absolute Gasteiger partial charge is 0.378 e. The van der Waals surface area contributed by atoms with Gasteiger partial charge in [-0.05, 0) is 39.0 Å². The van der Waals surface area contributed by atoms with Crippen LogP contribution in [-0.4, -0.2) is 49.3 Å². The van der Waals surface area contributed by atoms with Crippen LogP contribution < -0.4 is 10.3 Å². The number of pyridine rings is 1. The van der Waals surface area contributed by atoms with Gasteiger partial charge in [-0.3, -0.25) is 9.69 Å². The molecular weight excluding hydrogens is 302 g/mol. The second kappa shape index (κ2) is 6.57. The Bertz CT molecular complexity index is 787. The lowest BCUT2D eigenvalue weighted by Crippen LogP contribution is -2.45. The maximum absolute atomic E-state index is 13.1. The SMILES string of the molecule is Cc1[nH]c2ccc(N(C)C)cc2c(=O)c1CN1C[C@@H](C)O[C@H](C)C1. The molecule has 2 heterocycles. The van der Waals surface area contributed by atoms with E-state index in [1.165, 1.54) is 0 Å². The molecule has 0 saturated carbocycles. The van der Waals surface area contributed by atoms with E-state index >= 15 is 0 Å². The van der Waals surface area contributed by atoms with Crippen LogP contribution in [0.25, 0.3) is 10.9 Å². The highest BCUT2D eigenvalue weighted by atomic mass is 16.5. The van der Waals surface area contributed by atoms with Gasteiger partial charge in [0.25, 0.3) is 0 Å². The van der Waals surface area contributed by atoms with Crippen molar-refractivity contribution in [3.8, 4) is 0 Å². The minimum Gasteiger partial charge on any atom is -0.378 e. The molecular formula is C19H27N3O2. The van der Waals surface area contributed by atoms with Crippen molar-refractivity contribution in [3.05, 3.63) is 39.7 Å². The quantitative estimate of drug-likeness (QED) is 0.940. The number of benzene rings is 1. The monoisotopic (exact) mass is 329 g/mol.